The van der Waals surface area contributed by atoms with E-state index in [1.54, 1.807) is 12.4 Å². The molecule has 29 heavy (non-hydrogen) atoms. The first kappa shape index (κ1) is 19.0. The number of likely N-dealkylation sites (N-methyl/N-ethyl adjacent to an activating group) is 1. The van der Waals surface area contributed by atoms with Gasteiger partial charge in [0.2, 0.25) is 11.9 Å². The summed E-state index contributed by atoms with van der Waals surface area (Å²) in [5.41, 5.74) is 0.962. The molecule has 2 aromatic heterocycles. The van der Waals surface area contributed by atoms with Crippen molar-refractivity contribution in [2.24, 2.45) is 0 Å². The van der Waals surface area contributed by atoms with Gasteiger partial charge in [-0.3, -0.25) is 0 Å². The van der Waals surface area contributed by atoms with Crippen molar-refractivity contribution in [3.63, 3.8) is 0 Å². The number of nitrogens with one attached hydrogen (secondary N) is 2. The van der Waals surface area contributed by atoms with Crippen molar-refractivity contribution in [2.45, 2.75) is 13.3 Å². The van der Waals surface area contributed by atoms with Gasteiger partial charge in [0.05, 0.1) is 12.4 Å². The minimum Gasteiger partial charge on any atom is -0.339 e. The third-order valence-electron chi connectivity index (χ3n) is 4.71. The van der Waals surface area contributed by atoms with Crippen LogP contribution in [0, 0.1) is 0 Å². The second-order valence-corrected chi connectivity index (χ2v) is 6.92. The summed E-state index contributed by atoms with van der Waals surface area (Å²) in [6.45, 7) is 5.84. The highest BCUT2D eigenvalue weighted by Crippen LogP contribution is 2.18. The first-order valence-electron chi connectivity index (χ1n) is 9.79. The predicted molar refractivity (Wildman–Crippen MR) is 114 cm³/mol. The molecule has 3 heterocycles. The molecule has 1 aliphatic rings. The molecule has 0 atom stereocenters. The van der Waals surface area contributed by atoms with Crippen LogP contribution in [0.25, 0.3) is 0 Å². The molecule has 3 aromatic rings. The summed E-state index contributed by atoms with van der Waals surface area (Å²) >= 11 is 0. The van der Waals surface area contributed by atoms with Crippen LogP contribution in [0.4, 0.5) is 29.2 Å². The Bertz CT molecular complexity index is 922. The second kappa shape index (κ2) is 8.78. The van der Waals surface area contributed by atoms with E-state index in [4.69, 9.17) is 0 Å². The van der Waals surface area contributed by atoms with Crippen molar-refractivity contribution < 1.29 is 0 Å². The molecule has 2 N–H and O–H groups in total. The van der Waals surface area contributed by atoms with E-state index in [1.165, 1.54) is 0 Å². The Morgan fingerprint density at radius 1 is 0.862 bits per heavy atom. The Morgan fingerprint density at radius 2 is 1.55 bits per heavy atom. The van der Waals surface area contributed by atoms with Crippen molar-refractivity contribution in [1.29, 1.82) is 0 Å². The normalized spacial score (nSPS) is 14.6. The van der Waals surface area contributed by atoms with Gasteiger partial charge in [-0.25, -0.2) is 9.97 Å². The number of hydrogen-bond donors (Lipinski definition) is 2. The van der Waals surface area contributed by atoms with Gasteiger partial charge in [0, 0.05) is 38.3 Å². The van der Waals surface area contributed by atoms with E-state index in [9.17, 15) is 0 Å². The Hall–Kier alpha value is -3.33. The summed E-state index contributed by atoms with van der Waals surface area (Å²) in [4.78, 5) is 27.0. The monoisotopic (exact) mass is 391 g/mol. The van der Waals surface area contributed by atoms with Gasteiger partial charge >= 0.3 is 0 Å². The minimum atomic E-state index is 0.490. The fourth-order valence-corrected chi connectivity index (χ4v) is 3.01. The van der Waals surface area contributed by atoms with E-state index in [2.05, 4.69) is 52.4 Å². The molecule has 0 unspecified atom stereocenters. The van der Waals surface area contributed by atoms with E-state index in [1.807, 2.05) is 37.3 Å². The number of hydrogen-bond acceptors (Lipinski definition) is 9. The standard InChI is InChI=1S/C20H25N9/c1-3-16-24-19(27-20(26-16)29-11-9-28(2)10-12-29)25-18-14-21-17(13-22-18)23-15-7-5-4-6-8-15/h4-8,13-14H,3,9-12H2,1-2H3,(H,21,23)(H,22,24,25,26,27). The smallest absolute Gasteiger partial charge is 0.233 e. The maximum atomic E-state index is 4.61. The molecule has 150 valence electrons. The fraction of sp³-hybridized carbons (Fsp3) is 0.350. The highest BCUT2D eigenvalue weighted by atomic mass is 15.3. The van der Waals surface area contributed by atoms with Crippen LogP contribution in [-0.4, -0.2) is 63.0 Å². The minimum absolute atomic E-state index is 0.490. The van der Waals surface area contributed by atoms with Crippen LogP contribution in [0.5, 0.6) is 0 Å². The summed E-state index contributed by atoms with van der Waals surface area (Å²) in [5, 5.41) is 6.37. The lowest BCUT2D eigenvalue weighted by Crippen LogP contribution is -2.45. The average molecular weight is 391 g/mol. The quantitative estimate of drug-likeness (QED) is 0.657. The van der Waals surface area contributed by atoms with Crippen LogP contribution in [0.15, 0.2) is 42.7 Å². The van der Waals surface area contributed by atoms with Gasteiger partial charge in [0.15, 0.2) is 5.82 Å². The highest BCUT2D eigenvalue weighted by Gasteiger charge is 2.18. The maximum absolute atomic E-state index is 4.61. The first-order valence-corrected chi connectivity index (χ1v) is 9.79. The molecule has 9 heteroatoms. The van der Waals surface area contributed by atoms with Crippen molar-refractivity contribution in [3.05, 3.63) is 48.5 Å². The van der Waals surface area contributed by atoms with Crippen LogP contribution < -0.4 is 15.5 Å². The fourth-order valence-electron chi connectivity index (χ4n) is 3.01. The van der Waals surface area contributed by atoms with Gasteiger partial charge in [0.1, 0.15) is 11.6 Å². The molecule has 1 fully saturated rings. The SMILES string of the molecule is CCc1nc(Nc2cnc(Nc3ccccc3)cn2)nc(N2CCN(C)CC2)n1. The Morgan fingerprint density at radius 3 is 2.21 bits per heavy atom. The van der Waals surface area contributed by atoms with Gasteiger partial charge in [-0.2, -0.15) is 15.0 Å². The molecule has 0 radical (unpaired) electrons. The molecule has 0 bridgehead atoms. The van der Waals surface area contributed by atoms with E-state index < -0.39 is 0 Å². The molecule has 0 amide bonds. The predicted octanol–water partition coefficient (Wildman–Crippen LogP) is 2.46. The van der Waals surface area contributed by atoms with Gasteiger partial charge in [0.25, 0.3) is 0 Å². The van der Waals surface area contributed by atoms with Gasteiger partial charge < -0.3 is 20.4 Å². The number of aryl methyl sites for hydroxylation is 1. The molecule has 4 rings (SSSR count). The maximum Gasteiger partial charge on any atom is 0.233 e. The van der Waals surface area contributed by atoms with Crippen LogP contribution in [-0.2, 0) is 6.42 Å². The van der Waals surface area contributed by atoms with Gasteiger partial charge in [-0.05, 0) is 19.2 Å². The van der Waals surface area contributed by atoms with Gasteiger partial charge in [-0.15, -0.1) is 0 Å². The molecule has 9 nitrogen and oxygen atoms in total. The third kappa shape index (κ3) is 4.94. The zero-order valence-electron chi connectivity index (χ0n) is 16.7. The van der Waals surface area contributed by atoms with E-state index in [-0.39, 0.29) is 0 Å². The Kier molecular flexibility index (Phi) is 5.76. The lowest BCUT2D eigenvalue weighted by atomic mass is 10.3. The number of para-hydroxylation sites is 1. The van der Waals surface area contributed by atoms with Crippen molar-refractivity contribution in [3.8, 4) is 0 Å². The molecule has 1 aliphatic heterocycles. The molecular weight excluding hydrogens is 366 g/mol. The van der Waals surface area contributed by atoms with Crippen molar-refractivity contribution in [1.82, 2.24) is 29.8 Å². The van der Waals surface area contributed by atoms with Crippen LogP contribution in [0.1, 0.15) is 12.7 Å². The number of nitrogens with zero attached hydrogens (tertiary/aromatic N) is 7. The Balaban J connectivity index is 1.47. The third-order valence-corrected chi connectivity index (χ3v) is 4.71. The zero-order valence-corrected chi connectivity index (χ0v) is 16.7. The Labute approximate surface area is 170 Å². The van der Waals surface area contributed by atoms with Crippen molar-refractivity contribution >= 4 is 29.2 Å². The number of anilines is 5. The molecule has 0 saturated carbocycles. The van der Waals surface area contributed by atoms with E-state index in [0.717, 1.165) is 44.1 Å². The van der Waals surface area contributed by atoms with Crippen LogP contribution in [0.3, 0.4) is 0 Å². The van der Waals surface area contributed by atoms with E-state index in [0.29, 0.717) is 23.5 Å². The summed E-state index contributed by atoms with van der Waals surface area (Å²) in [7, 11) is 2.13. The average Bonchev–Trinajstić information content (AvgIpc) is 2.76. The number of benzene rings is 1. The topological polar surface area (TPSA) is 95.0 Å². The second-order valence-electron chi connectivity index (χ2n) is 6.92. The molecular formula is C20H25N9. The number of rotatable bonds is 6. The summed E-state index contributed by atoms with van der Waals surface area (Å²) in [5.74, 6) is 3.21. The number of piperazine rings is 1. The molecule has 1 aromatic carbocycles. The highest BCUT2D eigenvalue weighted by molar-refractivity contribution is 5.56. The van der Waals surface area contributed by atoms with Crippen LogP contribution >= 0.6 is 0 Å². The lowest BCUT2D eigenvalue weighted by molar-refractivity contribution is 0.311. The summed E-state index contributed by atoms with van der Waals surface area (Å²) in [6, 6.07) is 9.86. The molecule has 0 spiro atoms. The van der Waals surface area contributed by atoms with Crippen molar-refractivity contribution in [2.75, 3.05) is 48.8 Å². The number of aromatic nitrogens is 5. The first-order chi connectivity index (χ1) is 14.2. The summed E-state index contributed by atoms with van der Waals surface area (Å²) < 4.78 is 0. The zero-order chi connectivity index (χ0) is 20.1. The lowest BCUT2D eigenvalue weighted by Gasteiger charge is -2.32. The van der Waals surface area contributed by atoms with Gasteiger partial charge in [-0.1, -0.05) is 25.1 Å². The summed E-state index contributed by atoms with van der Waals surface area (Å²) in [6.07, 6.45) is 4.08. The largest absolute Gasteiger partial charge is 0.339 e. The molecule has 0 aliphatic carbocycles. The van der Waals surface area contributed by atoms with E-state index >= 15 is 0 Å². The molecule has 1 saturated heterocycles. The van der Waals surface area contributed by atoms with Crippen LogP contribution in [0.2, 0.25) is 0 Å².